The summed E-state index contributed by atoms with van der Waals surface area (Å²) in [6, 6.07) is 5.79. The first-order chi connectivity index (χ1) is 10.5. The van der Waals surface area contributed by atoms with Crippen LogP contribution < -0.4 is 15.4 Å². The van der Waals surface area contributed by atoms with Gasteiger partial charge in [-0.2, -0.15) is 0 Å². The Kier molecular flexibility index (Phi) is 5.29. The molecule has 122 valence electrons. The monoisotopic (exact) mass is 306 g/mol. The van der Waals surface area contributed by atoms with Gasteiger partial charge in [0.05, 0.1) is 13.2 Å². The Bertz CT molecular complexity index is 533. The molecular formula is C17H26N2O3. The van der Waals surface area contributed by atoms with Gasteiger partial charge in [0.2, 0.25) is 0 Å². The normalized spacial score (nSPS) is 19.2. The number of benzene rings is 1. The summed E-state index contributed by atoms with van der Waals surface area (Å²) in [6.45, 7) is 4.02. The summed E-state index contributed by atoms with van der Waals surface area (Å²) in [7, 11) is 1.67. The van der Waals surface area contributed by atoms with Crippen molar-refractivity contribution in [2.24, 2.45) is 0 Å². The second-order valence-corrected chi connectivity index (χ2v) is 6.11. The molecule has 0 spiro atoms. The minimum Gasteiger partial charge on any atom is -0.496 e. The zero-order valence-electron chi connectivity index (χ0n) is 13.6. The standard InChI is InChI=1S/C17H26N2O3/c1-4-17(2,10-11-20)19-16(21)18-14-9-8-13-12(14)6-5-7-15(13)22-3/h5-7,14,20H,4,8-11H2,1-3H3,(H2,18,19,21). The molecule has 1 aliphatic carbocycles. The molecule has 3 N–H and O–H groups in total. The molecule has 0 fully saturated rings. The molecule has 1 aromatic rings. The lowest BCUT2D eigenvalue weighted by Gasteiger charge is -2.30. The molecule has 1 aromatic carbocycles. The van der Waals surface area contributed by atoms with Gasteiger partial charge in [0.1, 0.15) is 5.75 Å². The van der Waals surface area contributed by atoms with Crippen LogP contribution >= 0.6 is 0 Å². The molecular weight excluding hydrogens is 280 g/mol. The van der Waals surface area contributed by atoms with Crippen LogP contribution in [0.4, 0.5) is 4.79 Å². The number of aliphatic hydroxyl groups excluding tert-OH is 1. The molecule has 2 unspecified atom stereocenters. The molecule has 22 heavy (non-hydrogen) atoms. The van der Waals surface area contributed by atoms with E-state index in [1.54, 1.807) is 7.11 Å². The number of aliphatic hydroxyl groups is 1. The van der Waals surface area contributed by atoms with Crippen LogP contribution in [0.5, 0.6) is 5.75 Å². The fraction of sp³-hybridized carbons (Fsp3) is 0.588. The highest BCUT2D eigenvalue weighted by Gasteiger charge is 2.29. The van der Waals surface area contributed by atoms with Gasteiger partial charge in [0.15, 0.2) is 0 Å². The number of methoxy groups -OCH3 is 1. The highest BCUT2D eigenvalue weighted by Crippen LogP contribution is 2.36. The summed E-state index contributed by atoms with van der Waals surface area (Å²) < 4.78 is 5.38. The summed E-state index contributed by atoms with van der Waals surface area (Å²) in [6.07, 6.45) is 3.11. The Hall–Kier alpha value is -1.75. The van der Waals surface area contributed by atoms with Crippen LogP contribution in [-0.2, 0) is 6.42 Å². The third-order valence-corrected chi connectivity index (χ3v) is 4.61. The van der Waals surface area contributed by atoms with Crippen LogP contribution in [0.3, 0.4) is 0 Å². The van der Waals surface area contributed by atoms with Crippen molar-refractivity contribution in [2.45, 2.75) is 51.1 Å². The van der Waals surface area contributed by atoms with E-state index in [2.05, 4.69) is 10.6 Å². The Morgan fingerprint density at radius 2 is 2.27 bits per heavy atom. The Labute approximate surface area is 132 Å². The minimum absolute atomic E-state index is 0.0142. The van der Waals surface area contributed by atoms with Gasteiger partial charge in [-0.25, -0.2) is 4.79 Å². The summed E-state index contributed by atoms with van der Waals surface area (Å²) >= 11 is 0. The summed E-state index contributed by atoms with van der Waals surface area (Å²) in [5.74, 6) is 0.890. The number of rotatable bonds is 6. The van der Waals surface area contributed by atoms with E-state index in [0.717, 1.165) is 30.6 Å². The predicted molar refractivity (Wildman–Crippen MR) is 86.1 cm³/mol. The Morgan fingerprint density at radius 3 is 2.91 bits per heavy atom. The van der Waals surface area contributed by atoms with E-state index in [1.165, 1.54) is 5.56 Å². The van der Waals surface area contributed by atoms with Crippen molar-refractivity contribution in [1.82, 2.24) is 10.6 Å². The number of carbonyl (C=O) groups is 1. The first-order valence-corrected chi connectivity index (χ1v) is 7.88. The molecule has 1 aliphatic rings. The molecule has 5 heteroatoms. The Balaban J connectivity index is 2.03. The molecule has 0 bridgehead atoms. The summed E-state index contributed by atoms with van der Waals surface area (Å²) in [5.41, 5.74) is 1.94. The van der Waals surface area contributed by atoms with Crippen LogP contribution in [0.2, 0.25) is 0 Å². The first kappa shape index (κ1) is 16.6. The van der Waals surface area contributed by atoms with Crippen LogP contribution in [-0.4, -0.2) is 30.4 Å². The van der Waals surface area contributed by atoms with Gasteiger partial charge in [0, 0.05) is 12.1 Å². The lowest BCUT2D eigenvalue weighted by molar-refractivity contribution is 0.198. The number of hydrogen-bond acceptors (Lipinski definition) is 3. The smallest absolute Gasteiger partial charge is 0.315 e. The number of fused-ring (bicyclic) bond motifs is 1. The van der Waals surface area contributed by atoms with Crippen molar-refractivity contribution >= 4 is 6.03 Å². The highest BCUT2D eigenvalue weighted by molar-refractivity contribution is 5.75. The van der Waals surface area contributed by atoms with Gasteiger partial charge in [-0.15, -0.1) is 0 Å². The zero-order chi connectivity index (χ0) is 16.2. The second kappa shape index (κ2) is 7.01. The van der Waals surface area contributed by atoms with E-state index < -0.39 is 0 Å². The van der Waals surface area contributed by atoms with Gasteiger partial charge in [0.25, 0.3) is 0 Å². The molecule has 0 aromatic heterocycles. The van der Waals surface area contributed by atoms with Crippen molar-refractivity contribution in [3.05, 3.63) is 29.3 Å². The van der Waals surface area contributed by atoms with E-state index in [4.69, 9.17) is 9.84 Å². The Morgan fingerprint density at radius 1 is 1.50 bits per heavy atom. The average molecular weight is 306 g/mol. The van der Waals surface area contributed by atoms with Crippen LogP contribution in [0, 0.1) is 0 Å². The van der Waals surface area contributed by atoms with Gasteiger partial charge < -0.3 is 20.5 Å². The molecule has 0 saturated carbocycles. The van der Waals surface area contributed by atoms with Crippen LogP contribution in [0.15, 0.2) is 18.2 Å². The van der Waals surface area contributed by atoms with Crippen molar-refractivity contribution in [3.8, 4) is 5.75 Å². The van der Waals surface area contributed by atoms with Crippen molar-refractivity contribution < 1.29 is 14.6 Å². The number of nitrogens with one attached hydrogen (secondary N) is 2. The van der Waals surface area contributed by atoms with E-state index in [0.29, 0.717) is 6.42 Å². The maximum absolute atomic E-state index is 12.3. The second-order valence-electron chi connectivity index (χ2n) is 6.11. The maximum Gasteiger partial charge on any atom is 0.315 e. The van der Waals surface area contributed by atoms with Gasteiger partial charge in [-0.05, 0) is 49.8 Å². The number of urea groups is 1. The number of hydrogen-bond donors (Lipinski definition) is 3. The van der Waals surface area contributed by atoms with Gasteiger partial charge in [-0.1, -0.05) is 19.1 Å². The molecule has 0 aliphatic heterocycles. The number of ether oxygens (including phenoxy) is 1. The SMILES string of the molecule is CCC(C)(CCO)NC(=O)NC1CCc2c(OC)cccc21. The van der Waals surface area contributed by atoms with Crippen molar-refractivity contribution in [2.75, 3.05) is 13.7 Å². The topological polar surface area (TPSA) is 70.6 Å². The van der Waals surface area contributed by atoms with E-state index in [1.807, 2.05) is 32.0 Å². The fourth-order valence-corrected chi connectivity index (χ4v) is 3.00. The van der Waals surface area contributed by atoms with Gasteiger partial charge in [-0.3, -0.25) is 0 Å². The first-order valence-electron chi connectivity index (χ1n) is 7.88. The van der Waals surface area contributed by atoms with Crippen LogP contribution in [0.25, 0.3) is 0 Å². The highest BCUT2D eigenvalue weighted by atomic mass is 16.5. The number of carbonyl (C=O) groups excluding carboxylic acids is 1. The zero-order valence-corrected chi connectivity index (χ0v) is 13.6. The van der Waals surface area contributed by atoms with Gasteiger partial charge >= 0.3 is 6.03 Å². The summed E-state index contributed by atoms with van der Waals surface area (Å²) in [5, 5.41) is 15.2. The largest absolute Gasteiger partial charge is 0.496 e. The quantitative estimate of drug-likeness (QED) is 0.756. The lowest BCUT2D eigenvalue weighted by atomic mass is 9.95. The molecule has 5 nitrogen and oxygen atoms in total. The average Bonchev–Trinajstić information content (AvgIpc) is 2.90. The number of amides is 2. The molecule has 2 atom stereocenters. The maximum atomic E-state index is 12.3. The molecule has 2 amide bonds. The molecule has 0 radical (unpaired) electrons. The molecule has 0 saturated heterocycles. The summed E-state index contributed by atoms with van der Waals surface area (Å²) in [4.78, 5) is 12.3. The van der Waals surface area contributed by atoms with E-state index >= 15 is 0 Å². The van der Waals surface area contributed by atoms with Crippen molar-refractivity contribution in [3.63, 3.8) is 0 Å². The molecule has 2 rings (SSSR count). The molecule has 0 heterocycles. The van der Waals surface area contributed by atoms with Crippen LogP contribution in [0.1, 0.15) is 50.3 Å². The minimum atomic E-state index is -0.380. The predicted octanol–water partition coefficient (Wildman–Crippen LogP) is 2.53. The van der Waals surface area contributed by atoms with E-state index in [-0.39, 0.29) is 24.2 Å². The lowest BCUT2D eigenvalue weighted by Crippen LogP contribution is -2.50. The fourth-order valence-electron chi connectivity index (χ4n) is 3.00. The van der Waals surface area contributed by atoms with Crippen molar-refractivity contribution in [1.29, 1.82) is 0 Å². The third kappa shape index (κ3) is 3.53. The third-order valence-electron chi connectivity index (χ3n) is 4.61. The van der Waals surface area contributed by atoms with E-state index in [9.17, 15) is 4.79 Å².